The minimum absolute atomic E-state index is 0.188. The van der Waals surface area contributed by atoms with Gasteiger partial charge in [-0.05, 0) is 53.6 Å². The van der Waals surface area contributed by atoms with Crippen molar-refractivity contribution in [3.05, 3.63) is 78.1 Å². The second kappa shape index (κ2) is 9.80. The molecule has 0 fully saturated rings. The van der Waals surface area contributed by atoms with Gasteiger partial charge in [0.2, 0.25) is 0 Å². The van der Waals surface area contributed by atoms with E-state index in [1.807, 2.05) is 0 Å². The number of anilines is 2. The van der Waals surface area contributed by atoms with Crippen molar-refractivity contribution in [1.29, 1.82) is 0 Å². The summed E-state index contributed by atoms with van der Waals surface area (Å²) in [5.41, 5.74) is 7.96. The standard InChI is InChI=1S/C23H25FN4O3S/c1-28(2)23(29)18-6-3-5-16(13-18)17-9-10-21(24)22(14-17)32(30,31)27-20-8-4-7-19(15-20)26-12-11-25/h3-10,13-15,26-27H,11-12,25H2,1-2H3. The van der Waals surface area contributed by atoms with Crippen LogP contribution in [-0.4, -0.2) is 46.4 Å². The number of sulfonamides is 1. The summed E-state index contributed by atoms with van der Waals surface area (Å²) >= 11 is 0. The van der Waals surface area contributed by atoms with E-state index < -0.39 is 20.7 Å². The second-order valence-corrected chi connectivity index (χ2v) is 8.98. The number of hydrogen-bond acceptors (Lipinski definition) is 5. The smallest absolute Gasteiger partial charge is 0.264 e. The molecule has 0 aliphatic heterocycles. The lowest BCUT2D eigenvalue weighted by atomic mass is 10.0. The highest BCUT2D eigenvalue weighted by atomic mass is 32.2. The first-order chi connectivity index (χ1) is 15.2. The van der Waals surface area contributed by atoms with Crippen LogP contribution in [0.2, 0.25) is 0 Å². The van der Waals surface area contributed by atoms with Crippen LogP contribution in [-0.2, 0) is 10.0 Å². The molecular formula is C23H25FN4O3S. The molecule has 0 saturated heterocycles. The van der Waals surface area contributed by atoms with Crippen molar-refractivity contribution in [2.24, 2.45) is 5.73 Å². The van der Waals surface area contributed by atoms with Gasteiger partial charge in [0.15, 0.2) is 0 Å². The molecule has 0 atom stereocenters. The van der Waals surface area contributed by atoms with Gasteiger partial charge >= 0.3 is 0 Å². The molecule has 4 N–H and O–H groups in total. The first-order valence-corrected chi connectivity index (χ1v) is 11.4. The van der Waals surface area contributed by atoms with Crippen LogP contribution < -0.4 is 15.8 Å². The summed E-state index contributed by atoms with van der Waals surface area (Å²) in [6, 6.07) is 17.2. The molecule has 168 valence electrons. The fourth-order valence-corrected chi connectivity index (χ4v) is 4.25. The minimum atomic E-state index is -4.20. The maximum atomic E-state index is 14.5. The maximum Gasteiger partial charge on any atom is 0.264 e. The Balaban J connectivity index is 1.93. The van der Waals surface area contributed by atoms with E-state index in [1.54, 1.807) is 62.6 Å². The molecule has 0 spiro atoms. The molecule has 3 aromatic carbocycles. The Labute approximate surface area is 187 Å². The Hall–Kier alpha value is -3.43. The molecule has 32 heavy (non-hydrogen) atoms. The number of carbonyl (C=O) groups excluding carboxylic acids is 1. The first-order valence-electron chi connectivity index (χ1n) is 9.90. The van der Waals surface area contributed by atoms with E-state index in [0.717, 1.165) is 6.07 Å². The third-order valence-electron chi connectivity index (χ3n) is 4.66. The summed E-state index contributed by atoms with van der Waals surface area (Å²) in [6.07, 6.45) is 0. The zero-order valence-corrected chi connectivity index (χ0v) is 18.6. The third kappa shape index (κ3) is 5.43. The lowest BCUT2D eigenvalue weighted by Crippen LogP contribution is -2.21. The molecule has 0 radical (unpaired) electrons. The zero-order chi connectivity index (χ0) is 23.3. The molecule has 0 bridgehead atoms. The van der Waals surface area contributed by atoms with Crippen molar-refractivity contribution in [3.63, 3.8) is 0 Å². The van der Waals surface area contributed by atoms with Crippen molar-refractivity contribution in [3.8, 4) is 11.1 Å². The number of hydrogen-bond donors (Lipinski definition) is 3. The molecule has 7 nitrogen and oxygen atoms in total. The van der Waals surface area contributed by atoms with Gasteiger partial charge in [-0.2, -0.15) is 0 Å². The van der Waals surface area contributed by atoms with E-state index >= 15 is 0 Å². The van der Waals surface area contributed by atoms with Crippen LogP contribution in [0.25, 0.3) is 11.1 Å². The molecule has 0 saturated carbocycles. The molecule has 0 aliphatic rings. The molecular weight excluding hydrogens is 431 g/mol. The summed E-state index contributed by atoms with van der Waals surface area (Å²) in [5, 5.41) is 3.06. The topological polar surface area (TPSA) is 105 Å². The van der Waals surface area contributed by atoms with Crippen LogP contribution in [0.5, 0.6) is 0 Å². The van der Waals surface area contributed by atoms with E-state index in [1.165, 1.54) is 17.0 Å². The maximum absolute atomic E-state index is 14.5. The first kappa shape index (κ1) is 23.2. The van der Waals surface area contributed by atoms with Gasteiger partial charge < -0.3 is 16.0 Å². The van der Waals surface area contributed by atoms with Gasteiger partial charge in [0, 0.05) is 38.4 Å². The molecule has 0 unspecified atom stereocenters. The Morgan fingerprint density at radius 3 is 2.38 bits per heavy atom. The van der Waals surface area contributed by atoms with E-state index in [0.29, 0.717) is 35.5 Å². The Kier molecular flexibility index (Phi) is 7.12. The lowest BCUT2D eigenvalue weighted by Gasteiger charge is -2.13. The summed E-state index contributed by atoms with van der Waals surface area (Å²) in [7, 11) is -0.919. The number of nitrogens with two attached hydrogens (primary N) is 1. The van der Waals surface area contributed by atoms with Crippen LogP contribution >= 0.6 is 0 Å². The van der Waals surface area contributed by atoms with Gasteiger partial charge in [0.1, 0.15) is 10.7 Å². The number of amides is 1. The number of nitrogens with zero attached hydrogens (tertiary/aromatic N) is 1. The van der Waals surface area contributed by atoms with Crippen molar-refractivity contribution in [1.82, 2.24) is 4.90 Å². The zero-order valence-electron chi connectivity index (χ0n) is 17.8. The minimum Gasteiger partial charge on any atom is -0.384 e. The second-order valence-electron chi connectivity index (χ2n) is 7.33. The quantitative estimate of drug-likeness (QED) is 0.482. The number of carbonyl (C=O) groups is 1. The molecule has 9 heteroatoms. The highest BCUT2D eigenvalue weighted by Gasteiger charge is 2.21. The molecule has 0 heterocycles. The monoisotopic (exact) mass is 456 g/mol. The predicted octanol–water partition coefficient (Wildman–Crippen LogP) is 3.37. The molecule has 3 aromatic rings. The van der Waals surface area contributed by atoms with Gasteiger partial charge in [0.25, 0.3) is 15.9 Å². The summed E-state index contributed by atoms with van der Waals surface area (Å²) in [4.78, 5) is 13.2. The van der Waals surface area contributed by atoms with E-state index in [-0.39, 0.29) is 11.6 Å². The van der Waals surface area contributed by atoms with Gasteiger partial charge in [-0.1, -0.05) is 24.3 Å². The predicted molar refractivity (Wildman–Crippen MR) is 125 cm³/mol. The lowest BCUT2D eigenvalue weighted by molar-refractivity contribution is 0.0827. The third-order valence-corrected chi connectivity index (χ3v) is 6.05. The van der Waals surface area contributed by atoms with Gasteiger partial charge in [0.05, 0.1) is 5.69 Å². The number of halogens is 1. The SMILES string of the molecule is CN(C)C(=O)c1cccc(-c2ccc(F)c(S(=O)(=O)Nc3cccc(NCCN)c3)c2)c1. The fraction of sp³-hybridized carbons (Fsp3) is 0.174. The van der Waals surface area contributed by atoms with E-state index in [2.05, 4.69) is 10.0 Å². The van der Waals surface area contributed by atoms with Crippen LogP contribution in [0.4, 0.5) is 15.8 Å². The Morgan fingerprint density at radius 1 is 0.969 bits per heavy atom. The van der Waals surface area contributed by atoms with Crippen molar-refractivity contribution in [2.75, 3.05) is 37.2 Å². The highest BCUT2D eigenvalue weighted by Crippen LogP contribution is 2.27. The summed E-state index contributed by atoms with van der Waals surface area (Å²) in [6.45, 7) is 0.956. The molecule has 3 rings (SSSR count). The Morgan fingerprint density at radius 2 is 1.66 bits per heavy atom. The average Bonchev–Trinajstić information content (AvgIpc) is 2.77. The highest BCUT2D eigenvalue weighted by molar-refractivity contribution is 7.92. The summed E-state index contributed by atoms with van der Waals surface area (Å²) < 4.78 is 42.8. The van der Waals surface area contributed by atoms with Crippen molar-refractivity contribution in [2.45, 2.75) is 4.90 Å². The fourth-order valence-electron chi connectivity index (χ4n) is 3.10. The van der Waals surface area contributed by atoms with Gasteiger partial charge in [-0.3, -0.25) is 9.52 Å². The van der Waals surface area contributed by atoms with Crippen LogP contribution in [0.1, 0.15) is 10.4 Å². The number of nitrogens with one attached hydrogen (secondary N) is 2. The normalized spacial score (nSPS) is 11.1. The summed E-state index contributed by atoms with van der Waals surface area (Å²) in [5.74, 6) is -1.06. The van der Waals surface area contributed by atoms with Crippen molar-refractivity contribution >= 4 is 27.3 Å². The molecule has 0 aromatic heterocycles. The van der Waals surface area contributed by atoms with Crippen LogP contribution in [0.3, 0.4) is 0 Å². The van der Waals surface area contributed by atoms with Gasteiger partial charge in [-0.15, -0.1) is 0 Å². The van der Waals surface area contributed by atoms with Crippen LogP contribution in [0, 0.1) is 5.82 Å². The largest absolute Gasteiger partial charge is 0.384 e. The van der Waals surface area contributed by atoms with Gasteiger partial charge in [-0.25, -0.2) is 12.8 Å². The molecule has 0 aliphatic carbocycles. The average molecular weight is 457 g/mol. The Bertz CT molecular complexity index is 1230. The van der Waals surface area contributed by atoms with Crippen LogP contribution in [0.15, 0.2) is 71.6 Å². The number of benzene rings is 3. The molecule has 1 amide bonds. The van der Waals surface area contributed by atoms with E-state index in [4.69, 9.17) is 5.73 Å². The number of rotatable bonds is 8. The van der Waals surface area contributed by atoms with Crippen molar-refractivity contribution < 1.29 is 17.6 Å². The van der Waals surface area contributed by atoms with E-state index in [9.17, 15) is 17.6 Å².